The smallest absolute Gasteiger partial charge is 0.165 e. The zero-order valence-corrected chi connectivity index (χ0v) is 19.7. The van der Waals surface area contributed by atoms with Gasteiger partial charge in [0.1, 0.15) is 18.1 Å². The number of para-hydroxylation sites is 1. The molecule has 34 heavy (non-hydrogen) atoms. The molecule has 0 radical (unpaired) electrons. The Hall–Kier alpha value is -3.77. The largest absolute Gasteiger partial charge is 0.497 e. The van der Waals surface area contributed by atoms with Crippen LogP contribution in [0.15, 0.2) is 66.9 Å². The highest BCUT2D eigenvalue weighted by Gasteiger charge is 2.22. The molecule has 0 atom stereocenters. The van der Waals surface area contributed by atoms with Crippen LogP contribution < -0.4 is 18.9 Å². The van der Waals surface area contributed by atoms with Crippen LogP contribution in [-0.4, -0.2) is 44.4 Å². The van der Waals surface area contributed by atoms with Gasteiger partial charge in [0.15, 0.2) is 11.5 Å². The lowest BCUT2D eigenvalue weighted by Gasteiger charge is -2.21. The van der Waals surface area contributed by atoms with Crippen molar-refractivity contribution in [2.75, 3.05) is 34.5 Å². The standard InChI is InChI=1S/C28H28N2O4/c1-31-24-8-9-26(32-2)22(14-24)17-30-10-11-34-28-23(18-30)13-20(15-27(28)33-3)21-12-19-6-4-5-7-25(19)29-16-21/h4-9,12-16H,10-11,17-18H2,1-3H3. The fraction of sp³-hybridized carbons (Fsp3) is 0.250. The van der Waals surface area contributed by atoms with E-state index in [0.29, 0.717) is 13.2 Å². The van der Waals surface area contributed by atoms with E-state index < -0.39 is 0 Å². The molecule has 0 spiro atoms. The fourth-order valence-corrected chi connectivity index (χ4v) is 4.47. The Labute approximate surface area is 199 Å². The highest BCUT2D eigenvalue weighted by atomic mass is 16.5. The van der Waals surface area contributed by atoms with E-state index in [1.807, 2.05) is 48.7 Å². The highest BCUT2D eigenvalue weighted by Crippen LogP contribution is 2.39. The first-order valence-corrected chi connectivity index (χ1v) is 11.3. The fourth-order valence-electron chi connectivity index (χ4n) is 4.47. The summed E-state index contributed by atoms with van der Waals surface area (Å²) in [5, 5.41) is 1.11. The predicted molar refractivity (Wildman–Crippen MR) is 133 cm³/mol. The van der Waals surface area contributed by atoms with Crippen molar-refractivity contribution in [2.24, 2.45) is 0 Å². The molecular weight excluding hydrogens is 428 g/mol. The van der Waals surface area contributed by atoms with E-state index in [1.165, 1.54) is 0 Å². The molecule has 0 unspecified atom stereocenters. The van der Waals surface area contributed by atoms with Gasteiger partial charge in [0, 0.05) is 47.9 Å². The molecule has 6 heteroatoms. The molecule has 0 saturated heterocycles. The molecule has 0 bridgehead atoms. The predicted octanol–water partition coefficient (Wildman–Crippen LogP) is 5.32. The highest BCUT2D eigenvalue weighted by molar-refractivity contribution is 5.84. The Morgan fingerprint density at radius 2 is 1.74 bits per heavy atom. The summed E-state index contributed by atoms with van der Waals surface area (Å²) in [5.41, 5.74) is 5.24. The van der Waals surface area contributed by atoms with E-state index in [9.17, 15) is 0 Å². The van der Waals surface area contributed by atoms with Crippen molar-refractivity contribution < 1.29 is 18.9 Å². The van der Waals surface area contributed by atoms with E-state index in [-0.39, 0.29) is 0 Å². The van der Waals surface area contributed by atoms with E-state index in [2.05, 4.69) is 28.1 Å². The van der Waals surface area contributed by atoms with E-state index >= 15 is 0 Å². The summed E-state index contributed by atoms with van der Waals surface area (Å²) in [5.74, 6) is 3.20. The van der Waals surface area contributed by atoms with Gasteiger partial charge >= 0.3 is 0 Å². The molecular formula is C28H28N2O4. The minimum atomic E-state index is 0.576. The first-order valence-electron chi connectivity index (χ1n) is 11.3. The zero-order valence-electron chi connectivity index (χ0n) is 19.7. The Kier molecular flexibility index (Phi) is 6.23. The van der Waals surface area contributed by atoms with Crippen LogP contribution in [0.25, 0.3) is 22.0 Å². The molecule has 5 rings (SSSR count). The molecule has 0 fully saturated rings. The summed E-state index contributed by atoms with van der Waals surface area (Å²) < 4.78 is 22.9. The monoisotopic (exact) mass is 456 g/mol. The molecule has 4 aromatic rings. The van der Waals surface area contributed by atoms with Crippen LogP contribution in [0, 0.1) is 0 Å². The molecule has 3 aromatic carbocycles. The zero-order chi connectivity index (χ0) is 23.5. The Bertz CT molecular complexity index is 1320. The maximum absolute atomic E-state index is 6.16. The summed E-state index contributed by atoms with van der Waals surface area (Å²) in [6.45, 7) is 2.80. The minimum Gasteiger partial charge on any atom is -0.497 e. The van der Waals surface area contributed by atoms with Gasteiger partial charge in [-0.2, -0.15) is 0 Å². The quantitative estimate of drug-likeness (QED) is 0.391. The second-order valence-corrected chi connectivity index (χ2v) is 8.32. The average Bonchev–Trinajstić information content (AvgIpc) is 3.09. The van der Waals surface area contributed by atoms with Gasteiger partial charge in [-0.05, 0) is 48.0 Å². The van der Waals surface area contributed by atoms with Crippen LogP contribution in [0.1, 0.15) is 11.1 Å². The van der Waals surface area contributed by atoms with Gasteiger partial charge in [-0.1, -0.05) is 18.2 Å². The van der Waals surface area contributed by atoms with Crippen molar-refractivity contribution in [1.82, 2.24) is 9.88 Å². The van der Waals surface area contributed by atoms with Gasteiger partial charge in [0.05, 0.1) is 26.8 Å². The summed E-state index contributed by atoms with van der Waals surface area (Å²) in [4.78, 5) is 6.99. The molecule has 0 aliphatic carbocycles. The SMILES string of the molecule is COc1ccc(OC)c(CN2CCOc3c(cc(-c4cnc5ccccc5c4)cc3OC)C2)c1. The van der Waals surface area contributed by atoms with Gasteiger partial charge in [0.25, 0.3) is 0 Å². The number of aromatic nitrogens is 1. The van der Waals surface area contributed by atoms with Crippen molar-refractivity contribution in [3.05, 3.63) is 78.0 Å². The molecule has 0 amide bonds. The maximum atomic E-state index is 6.16. The lowest BCUT2D eigenvalue weighted by molar-refractivity contribution is 0.214. The molecule has 1 aromatic heterocycles. The average molecular weight is 457 g/mol. The van der Waals surface area contributed by atoms with Gasteiger partial charge in [-0.3, -0.25) is 9.88 Å². The van der Waals surface area contributed by atoms with Crippen molar-refractivity contribution in [3.8, 4) is 34.1 Å². The molecule has 1 aliphatic heterocycles. The Morgan fingerprint density at radius 1 is 0.882 bits per heavy atom. The van der Waals surface area contributed by atoms with Crippen LogP contribution in [0.3, 0.4) is 0 Å². The first kappa shape index (κ1) is 22.0. The lowest BCUT2D eigenvalue weighted by Crippen LogP contribution is -2.25. The van der Waals surface area contributed by atoms with E-state index in [4.69, 9.17) is 18.9 Å². The number of hydrogen-bond donors (Lipinski definition) is 0. The Morgan fingerprint density at radius 3 is 2.56 bits per heavy atom. The molecule has 174 valence electrons. The van der Waals surface area contributed by atoms with Crippen LogP contribution in [0.2, 0.25) is 0 Å². The number of pyridine rings is 1. The van der Waals surface area contributed by atoms with E-state index in [1.54, 1.807) is 21.3 Å². The second kappa shape index (κ2) is 9.61. The number of methoxy groups -OCH3 is 3. The third-order valence-corrected chi connectivity index (χ3v) is 6.20. The summed E-state index contributed by atoms with van der Waals surface area (Å²) in [6.07, 6.45) is 1.92. The number of fused-ring (bicyclic) bond motifs is 2. The van der Waals surface area contributed by atoms with Gasteiger partial charge in [-0.25, -0.2) is 0 Å². The van der Waals surface area contributed by atoms with Gasteiger partial charge in [0.2, 0.25) is 0 Å². The summed E-state index contributed by atoms with van der Waals surface area (Å²) in [6, 6.07) is 20.4. The molecule has 2 heterocycles. The van der Waals surface area contributed by atoms with Crippen molar-refractivity contribution in [1.29, 1.82) is 0 Å². The molecule has 0 N–H and O–H groups in total. The van der Waals surface area contributed by atoms with Crippen LogP contribution in [0.4, 0.5) is 0 Å². The van der Waals surface area contributed by atoms with Gasteiger partial charge < -0.3 is 18.9 Å². The van der Waals surface area contributed by atoms with Crippen molar-refractivity contribution >= 4 is 10.9 Å². The Balaban J connectivity index is 1.49. The first-order chi connectivity index (χ1) is 16.7. The minimum absolute atomic E-state index is 0.576. The summed E-state index contributed by atoms with van der Waals surface area (Å²) >= 11 is 0. The number of hydrogen-bond acceptors (Lipinski definition) is 6. The molecule has 0 saturated carbocycles. The molecule has 1 aliphatic rings. The van der Waals surface area contributed by atoms with Crippen LogP contribution in [-0.2, 0) is 13.1 Å². The number of ether oxygens (including phenoxy) is 4. The van der Waals surface area contributed by atoms with Gasteiger partial charge in [-0.15, -0.1) is 0 Å². The second-order valence-electron chi connectivity index (χ2n) is 8.32. The maximum Gasteiger partial charge on any atom is 0.165 e. The normalized spacial score (nSPS) is 13.6. The van der Waals surface area contributed by atoms with Crippen molar-refractivity contribution in [2.45, 2.75) is 13.1 Å². The van der Waals surface area contributed by atoms with E-state index in [0.717, 1.165) is 69.2 Å². The van der Waals surface area contributed by atoms with Crippen LogP contribution in [0.5, 0.6) is 23.0 Å². The lowest BCUT2D eigenvalue weighted by atomic mass is 10.0. The summed E-state index contributed by atoms with van der Waals surface area (Å²) in [7, 11) is 5.06. The topological polar surface area (TPSA) is 53.1 Å². The number of benzene rings is 3. The number of nitrogens with zero attached hydrogens (tertiary/aromatic N) is 2. The van der Waals surface area contributed by atoms with Crippen molar-refractivity contribution in [3.63, 3.8) is 0 Å². The molecule has 6 nitrogen and oxygen atoms in total. The number of rotatable bonds is 6. The van der Waals surface area contributed by atoms with Crippen LogP contribution >= 0.6 is 0 Å². The third kappa shape index (κ3) is 4.37. The third-order valence-electron chi connectivity index (χ3n) is 6.20.